The fraction of sp³-hybridized carbons (Fsp3) is 0.417. The van der Waals surface area contributed by atoms with E-state index in [1.54, 1.807) is 18.9 Å². The molecule has 0 aliphatic rings. The van der Waals surface area contributed by atoms with Gasteiger partial charge in [-0.15, -0.1) is 0 Å². The lowest BCUT2D eigenvalue weighted by atomic mass is 10.0. The van der Waals surface area contributed by atoms with Gasteiger partial charge in [-0.1, -0.05) is 13.8 Å². The van der Waals surface area contributed by atoms with E-state index in [4.69, 9.17) is 5.73 Å². The van der Waals surface area contributed by atoms with E-state index in [1.165, 1.54) is 0 Å². The van der Waals surface area contributed by atoms with Gasteiger partial charge in [0.15, 0.2) is 0 Å². The molecular formula is C12H17N5. The van der Waals surface area contributed by atoms with E-state index in [9.17, 15) is 0 Å². The quantitative estimate of drug-likeness (QED) is 0.863. The zero-order valence-corrected chi connectivity index (χ0v) is 10.1. The largest absolute Gasteiger partial charge is 0.327 e. The summed E-state index contributed by atoms with van der Waals surface area (Å²) in [6, 6.07) is 1.89. The normalized spacial score (nSPS) is 12.9. The molecule has 0 aliphatic heterocycles. The van der Waals surface area contributed by atoms with E-state index in [-0.39, 0.29) is 6.04 Å². The van der Waals surface area contributed by atoms with Crippen LogP contribution >= 0.6 is 0 Å². The van der Waals surface area contributed by atoms with Gasteiger partial charge < -0.3 is 10.3 Å². The minimum absolute atomic E-state index is 0.000614. The van der Waals surface area contributed by atoms with Crippen LogP contribution in [0.3, 0.4) is 0 Å². The van der Waals surface area contributed by atoms with Crippen LogP contribution in [-0.4, -0.2) is 19.5 Å². The molecule has 2 N–H and O–H groups in total. The zero-order chi connectivity index (χ0) is 12.3. The minimum Gasteiger partial charge on any atom is -0.327 e. The summed E-state index contributed by atoms with van der Waals surface area (Å²) in [5.74, 6) is 0.385. The third-order valence-corrected chi connectivity index (χ3v) is 2.78. The van der Waals surface area contributed by atoms with Crippen LogP contribution in [-0.2, 0) is 6.54 Å². The predicted molar refractivity (Wildman–Crippen MR) is 65.1 cm³/mol. The minimum atomic E-state index is -0.000614. The highest BCUT2D eigenvalue weighted by atomic mass is 15.1. The molecule has 0 spiro atoms. The molecule has 17 heavy (non-hydrogen) atoms. The van der Waals surface area contributed by atoms with Crippen LogP contribution < -0.4 is 5.73 Å². The molecule has 0 aliphatic carbocycles. The van der Waals surface area contributed by atoms with Crippen molar-refractivity contribution in [2.45, 2.75) is 26.4 Å². The van der Waals surface area contributed by atoms with E-state index in [0.717, 1.165) is 11.4 Å². The summed E-state index contributed by atoms with van der Waals surface area (Å²) >= 11 is 0. The number of hydrogen-bond acceptors (Lipinski definition) is 4. The maximum atomic E-state index is 6.14. The van der Waals surface area contributed by atoms with Crippen molar-refractivity contribution in [2.24, 2.45) is 11.7 Å². The second-order valence-electron chi connectivity index (χ2n) is 4.42. The van der Waals surface area contributed by atoms with Crippen LogP contribution in [0.4, 0.5) is 0 Å². The summed E-state index contributed by atoms with van der Waals surface area (Å²) < 4.78 is 2.03. The molecule has 5 heteroatoms. The highest BCUT2D eigenvalue weighted by molar-refractivity contribution is 5.09. The van der Waals surface area contributed by atoms with Crippen LogP contribution in [0.5, 0.6) is 0 Å². The monoisotopic (exact) mass is 231 g/mol. The predicted octanol–water partition coefficient (Wildman–Crippen LogP) is 1.38. The Labute approximate surface area is 101 Å². The highest BCUT2D eigenvalue weighted by Gasteiger charge is 2.15. The van der Waals surface area contributed by atoms with Crippen molar-refractivity contribution in [2.75, 3.05) is 0 Å². The molecule has 0 radical (unpaired) electrons. The molecule has 2 aromatic rings. The lowest BCUT2D eigenvalue weighted by Crippen LogP contribution is -2.20. The summed E-state index contributed by atoms with van der Waals surface area (Å²) in [6.07, 6.45) is 6.90. The zero-order valence-electron chi connectivity index (χ0n) is 10.1. The molecule has 2 heterocycles. The molecule has 0 bridgehead atoms. The first-order chi connectivity index (χ1) is 8.18. The van der Waals surface area contributed by atoms with E-state index < -0.39 is 0 Å². The van der Waals surface area contributed by atoms with E-state index in [1.807, 2.05) is 16.8 Å². The number of imidazole rings is 1. The Morgan fingerprint density at radius 2 is 2.18 bits per heavy atom. The number of aromatic nitrogens is 4. The van der Waals surface area contributed by atoms with Gasteiger partial charge in [-0.05, 0) is 12.0 Å². The van der Waals surface area contributed by atoms with Gasteiger partial charge in [0.25, 0.3) is 0 Å². The first-order valence-corrected chi connectivity index (χ1v) is 5.69. The Hall–Kier alpha value is -1.75. The third-order valence-electron chi connectivity index (χ3n) is 2.78. The standard InChI is InChI=1S/C12H17N5/c1-9(2)12(13)11-5-15-8-17(11)6-10-3-4-14-7-16-10/h3-5,7-9,12H,6,13H2,1-2H3. The van der Waals surface area contributed by atoms with Crippen molar-refractivity contribution in [3.05, 3.63) is 42.5 Å². The van der Waals surface area contributed by atoms with Crippen LogP contribution in [0.2, 0.25) is 0 Å². The van der Waals surface area contributed by atoms with Crippen molar-refractivity contribution in [3.8, 4) is 0 Å². The van der Waals surface area contributed by atoms with Crippen LogP contribution in [0.1, 0.15) is 31.3 Å². The number of nitrogens with two attached hydrogens (primary N) is 1. The summed E-state index contributed by atoms with van der Waals surface area (Å²) in [7, 11) is 0. The topological polar surface area (TPSA) is 69.6 Å². The summed E-state index contributed by atoms with van der Waals surface area (Å²) in [5, 5.41) is 0. The third kappa shape index (κ3) is 2.68. The molecule has 1 unspecified atom stereocenters. The Balaban J connectivity index is 2.20. The smallest absolute Gasteiger partial charge is 0.115 e. The van der Waals surface area contributed by atoms with Crippen molar-refractivity contribution < 1.29 is 0 Å². The molecular weight excluding hydrogens is 214 g/mol. The fourth-order valence-electron chi connectivity index (χ4n) is 1.67. The average Bonchev–Trinajstić information content (AvgIpc) is 2.77. The van der Waals surface area contributed by atoms with Gasteiger partial charge in [0.05, 0.1) is 24.3 Å². The van der Waals surface area contributed by atoms with Crippen molar-refractivity contribution in [1.82, 2.24) is 19.5 Å². The van der Waals surface area contributed by atoms with Crippen molar-refractivity contribution in [3.63, 3.8) is 0 Å². The number of hydrogen-bond donors (Lipinski definition) is 1. The molecule has 0 fully saturated rings. The lowest BCUT2D eigenvalue weighted by molar-refractivity contribution is 0.483. The second kappa shape index (κ2) is 5.05. The SMILES string of the molecule is CC(C)C(N)c1cncn1Cc1ccncn1. The van der Waals surface area contributed by atoms with Gasteiger partial charge in [-0.3, -0.25) is 0 Å². The lowest BCUT2D eigenvalue weighted by Gasteiger charge is -2.17. The van der Waals surface area contributed by atoms with Gasteiger partial charge in [-0.25, -0.2) is 15.0 Å². The molecule has 90 valence electrons. The van der Waals surface area contributed by atoms with Crippen molar-refractivity contribution in [1.29, 1.82) is 0 Å². The summed E-state index contributed by atoms with van der Waals surface area (Å²) in [6.45, 7) is 4.89. The molecule has 2 aromatic heterocycles. The van der Waals surface area contributed by atoms with Crippen molar-refractivity contribution >= 4 is 0 Å². The van der Waals surface area contributed by atoms with Crippen LogP contribution in [0.15, 0.2) is 31.1 Å². The van der Waals surface area contributed by atoms with Gasteiger partial charge >= 0.3 is 0 Å². The molecule has 5 nitrogen and oxygen atoms in total. The molecule has 0 aromatic carbocycles. The van der Waals surface area contributed by atoms with Gasteiger partial charge in [0.1, 0.15) is 6.33 Å². The van der Waals surface area contributed by atoms with Crippen LogP contribution in [0.25, 0.3) is 0 Å². The average molecular weight is 231 g/mol. The fourth-order valence-corrected chi connectivity index (χ4v) is 1.67. The van der Waals surface area contributed by atoms with Gasteiger partial charge in [0.2, 0.25) is 0 Å². The summed E-state index contributed by atoms with van der Waals surface area (Å²) in [5.41, 5.74) is 8.14. The summed E-state index contributed by atoms with van der Waals surface area (Å²) in [4.78, 5) is 12.3. The molecule has 1 atom stereocenters. The van der Waals surface area contributed by atoms with Gasteiger partial charge in [-0.2, -0.15) is 0 Å². The molecule has 0 saturated carbocycles. The molecule has 0 saturated heterocycles. The Kier molecular flexibility index (Phi) is 3.49. The number of nitrogens with zero attached hydrogens (tertiary/aromatic N) is 4. The van der Waals surface area contributed by atoms with Crippen LogP contribution in [0, 0.1) is 5.92 Å². The Morgan fingerprint density at radius 3 is 2.82 bits per heavy atom. The maximum absolute atomic E-state index is 6.14. The van der Waals surface area contributed by atoms with E-state index in [0.29, 0.717) is 12.5 Å². The molecule has 2 rings (SSSR count). The molecule has 0 amide bonds. The number of rotatable bonds is 4. The first kappa shape index (κ1) is 11.7. The maximum Gasteiger partial charge on any atom is 0.115 e. The van der Waals surface area contributed by atoms with E-state index >= 15 is 0 Å². The van der Waals surface area contributed by atoms with Gasteiger partial charge in [0, 0.05) is 18.4 Å². The van der Waals surface area contributed by atoms with E-state index in [2.05, 4.69) is 28.8 Å². The highest BCUT2D eigenvalue weighted by Crippen LogP contribution is 2.18. The Bertz CT molecular complexity index is 463. The second-order valence-corrected chi connectivity index (χ2v) is 4.42. The Morgan fingerprint density at radius 1 is 1.35 bits per heavy atom. The first-order valence-electron chi connectivity index (χ1n) is 5.69.